The average molecular weight is 849 g/mol. The van der Waals surface area contributed by atoms with Gasteiger partial charge in [0.05, 0.1) is 38.8 Å². The fourth-order valence-corrected chi connectivity index (χ4v) is 9.45. The third kappa shape index (κ3) is 11.8. The molecule has 0 atom stereocenters. The van der Waals surface area contributed by atoms with Crippen molar-refractivity contribution in [3.05, 3.63) is 72.3 Å². The van der Waals surface area contributed by atoms with E-state index in [9.17, 15) is 16.8 Å². The minimum absolute atomic E-state index is 0.0322. The van der Waals surface area contributed by atoms with E-state index in [1.54, 1.807) is 24.2 Å². The van der Waals surface area contributed by atoms with Gasteiger partial charge in [-0.05, 0) is 85.0 Å². The van der Waals surface area contributed by atoms with Gasteiger partial charge in [0.15, 0.2) is 22.8 Å². The van der Waals surface area contributed by atoms with E-state index in [1.807, 2.05) is 53.5 Å². The number of nitrogens with two attached hydrogens (primary N) is 1. The summed E-state index contributed by atoms with van der Waals surface area (Å²) < 4.78 is 84.3. The van der Waals surface area contributed by atoms with Crippen LogP contribution in [0.2, 0.25) is 0 Å². The summed E-state index contributed by atoms with van der Waals surface area (Å²) in [5.74, 6) is 2.04. The van der Waals surface area contributed by atoms with Crippen molar-refractivity contribution >= 4 is 63.3 Å². The zero-order chi connectivity index (χ0) is 40.4. The number of rotatable bonds is 12. The number of hydrogen-bond donors (Lipinski definition) is 2. The summed E-state index contributed by atoms with van der Waals surface area (Å²) in [5.41, 5.74) is 8.72. The molecule has 6 aromatic rings. The number of methoxy groups -OCH3 is 2. The van der Waals surface area contributed by atoms with Crippen molar-refractivity contribution in [3.63, 3.8) is 0 Å². The molecule has 21 heteroatoms. The molecule has 0 aliphatic carbocycles. The van der Waals surface area contributed by atoms with Crippen molar-refractivity contribution in [3.8, 4) is 11.5 Å². The lowest BCUT2D eigenvalue weighted by molar-refractivity contribution is 0.0723. The first-order valence-corrected chi connectivity index (χ1v) is 22.2. The van der Waals surface area contributed by atoms with Crippen molar-refractivity contribution in [2.75, 3.05) is 62.6 Å². The number of nitrogens with one attached hydrogen (secondary N) is 1. The molecule has 0 radical (unpaired) electrons. The molecule has 6 heterocycles. The van der Waals surface area contributed by atoms with Crippen LogP contribution in [0.3, 0.4) is 0 Å². The normalized spacial score (nSPS) is 15.4. The highest BCUT2D eigenvalue weighted by atomic mass is 35.7. The van der Waals surface area contributed by atoms with Crippen LogP contribution in [-0.4, -0.2) is 98.9 Å². The fraction of sp³-hybridized carbons (Fsp3) is 0.444. The monoisotopic (exact) mass is 848 g/mol. The molecule has 57 heavy (non-hydrogen) atoms. The predicted molar refractivity (Wildman–Crippen MR) is 212 cm³/mol. The van der Waals surface area contributed by atoms with Crippen molar-refractivity contribution in [2.24, 2.45) is 11.8 Å². The number of anilines is 2. The predicted octanol–water partition coefficient (Wildman–Crippen LogP) is 4.89. The average Bonchev–Trinajstić information content (AvgIpc) is 4.02. The van der Waals surface area contributed by atoms with Crippen molar-refractivity contribution in [1.82, 2.24) is 29.9 Å². The molecule has 4 aromatic heterocycles. The number of fused-ring (bicyclic) bond motifs is 2. The number of halogens is 1. The van der Waals surface area contributed by atoms with Crippen LogP contribution in [0.25, 0.3) is 21.9 Å². The SMILES string of the molecule is COc1cc(Cn2cccn2)cc2onc(N)c12.COc1cc(Cn2cccn2)cc2onc(NS(=O)(=O)CC3CCOCC3)c12.O=S(=O)(Cl)CC1CCOCC1. The molecule has 308 valence electrons. The van der Waals surface area contributed by atoms with Gasteiger partial charge in [-0.3, -0.25) is 14.1 Å². The first-order chi connectivity index (χ1) is 27.4. The summed E-state index contributed by atoms with van der Waals surface area (Å²) in [6.07, 6.45) is 10.3. The van der Waals surface area contributed by atoms with Crippen LogP contribution < -0.4 is 19.9 Å². The van der Waals surface area contributed by atoms with E-state index in [2.05, 4.69) is 25.2 Å². The lowest BCUT2D eigenvalue weighted by Gasteiger charge is -2.21. The Morgan fingerprint density at radius 3 is 1.74 bits per heavy atom. The number of ether oxygens (including phenoxy) is 4. The molecule has 2 aliphatic rings. The second-order valence-corrected chi connectivity index (χ2v) is 18.1. The van der Waals surface area contributed by atoms with Crippen LogP contribution in [0.1, 0.15) is 36.8 Å². The van der Waals surface area contributed by atoms with Crippen LogP contribution in [0.15, 0.2) is 70.2 Å². The van der Waals surface area contributed by atoms with Gasteiger partial charge < -0.3 is 33.7 Å². The molecule has 3 N–H and O–H groups in total. The Kier molecular flexibility index (Phi) is 13.9. The highest BCUT2D eigenvalue weighted by Crippen LogP contribution is 2.35. The van der Waals surface area contributed by atoms with Crippen LogP contribution in [-0.2, 0) is 41.6 Å². The zero-order valence-corrected chi connectivity index (χ0v) is 33.8. The maximum atomic E-state index is 12.6. The molecular weight excluding hydrogens is 804 g/mol. The van der Waals surface area contributed by atoms with Crippen LogP contribution >= 0.6 is 10.7 Å². The van der Waals surface area contributed by atoms with Gasteiger partial charge in [0.25, 0.3) is 0 Å². The highest BCUT2D eigenvalue weighted by molar-refractivity contribution is 8.13. The quantitative estimate of drug-likeness (QED) is 0.156. The van der Waals surface area contributed by atoms with Gasteiger partial charge in [-0.15, -0.1) is 0 Å². The van der Waals surface area contributed by atoms with Gasteiger partial charge in [-0.2, -0.15) is 10.2 Å². The third-order valence-electron chi connectivity index (χ3n) is 9.29. The van der Waals surface area contributed by atoms with E-state index in [0.717, 1.165) is 36.8 Å². The topological polar surface area (TPSA) is 231 Å². The molecule has 8 rings (SSSR count). The van der Waals surface area contributed by atoms with Crippen LogP contribution in [0.5, 0.6) is 11.5 Å². The van der Waals surface area contributed by atoms with E-state index < -0.39 is 19.1 Å². The van der Waals surface area contributed by atoms with Crippen molar-refractivity contribution < 1.29 is 44.8 Å². The lowest BCUT2D eigenvalue weighted by atomic mass is 10.0. The standard InChI is InChI=1S/C18H22N4O5S.C12H12N4O2.C6H11ClO3S/c1-25-15-9-14(11-22-6-2-5-19-22)10-16-17(15)18(20-27-16)21-28(23,24)12-13-3-7-26-8-4-13;1-17-9-5-8(7-16-4-2-3-14-16)6-10-11(9)12(13)15-18-10;7-11(8,9)5-6-1-3-10-4-2-6/h2,5-6,9-10,13H,3-4,7-8,11-12H2,1H3,(H,20,21);2-6H,7H2,1H3,(H2,13,15);6H,1-5H2. The molecule has 2 aromatic carbocycles. The molecule has 2 aliphatic heterocycles. The molecule has 0 unspecified atom stereocenters. The Labute approximate surface area is 333 Å². The molecule has 18 nitrogen and oxygen atoms in total. The number of aromatic nitrogens is 6. The van der Waals surface area contributed by atoms with Gasteiger partial charge >= 0.3 is 0 Å². The number of benzene rings is 2. The summed E-state index contributed by atoms with van der Waals surface area (Å²) >= 11 is 0. The second kappa shape index (κ2) is 19.0. The molecule has 0 bridgehead atoms. The maximum absolute atomic E-state index is 12.6. The van der Waals surface area contributed by atoms with Gasteiger partial charge in [-0.1, -0.05) is 10.3 Å². The smallest absolute Gasteiger partial charge is 0.234 e. The Hall–Kier alpha value is -4.89. The highest BCUT2D eigenvalue weighted by Gasteiger charge is 2.25. The first-order valence-electron chi connectivity index (χ1n) is 18.1. The van der Waals surface area contributed by atoms with Crippen molar-refractivity contribution in [1.29, 1.82) is 0 Å². The number of nitrogen functional groups attached to an aromatic ring is 1. The lowest BCUT2D eigenvalue weighted by Crippen LogP contribution is -2.27. The summed E-state index contributed by atoms with van der Waals surface area (Å²) in [4.78, 5) is 0. The third-order valence-corrected chi connectivity index (χ3v) is 12.0. The molecule has 2 saturated heterocycles. The van der Waals surface area contributed by atoms with Gasteiger partial charge in [0.1, 0.15) is 22.3 Å². The summed E-state index contributed by atoms with van der Waals surface area (Å²) in [5, 5.41) is 17.2. The van der Waals surface area contributed by atoms with E-state index in [4.69, 9.17) is 44.4 Å². The zero-order valence-electron chi connectivity index (χ0n) is 31.5. The molecule has 0 amide bonds. The van der Waals surface area contributed by atoms with E-state index in [0.29, 0.717) is 78.8 Å². The summed E-state index contributed by atoms with van der Waals surface area (Å²) in [6, 6.07) is 11.2. The van der Waals surface area contributed by atoms with Crippen molar-refractivity contribution in [2.45, 2.75) is 38.8 Å². The number of nitrogens with zero attached hydrogens (tertiary/aromatic N) is 6. The van der Waals surface area contributed by atoms with Crippen LogP contribution in [0.4, 0.5) is 11.6 Å². The fourth-order valence-electron chi connectivity index (χ4n) is 6.55. The van der Waals surface area contributed by atoms with E-state index in [-0.39, 0.29) is 29.2 Å². The molecule has 0 spiro atoms. The number of sulfonamides is 1. The minimum Gasteiger partial charge on any atom is -0.496 e. The Morgan fingerprint density at radius 2 is 1.25 bits per heavy atom. The van der Waals surface area contributed by atoms with Gasteiger partial charge in [-0.25, -0.2) is 16.8 Å². The summed E-state index contributed by atoms with van der Waals surface area (Å²) in [7, 11) is 1.35. The van der Waals surface area contributed by atoms with Gasteiger partial charge in [0, 0.05) is 61.9 Å². The van der Waals surface area contributed by atoms with E-state index >= 15 is 0 Å². The first kappa shape index (κ1) is 41.7. The second-order valence-electron chi connectivity index (χ2n) is 13.5. The maximum Gasteiger partial charge on any atom is 0.234 e. The van der Waals surface area contributed by atoms with E-state index in [1.165, 1.54) is 7.11 Å². The Balaban J connectivity index is 0.000000161. The Morgan fingerprint density at radius 1 is 0.754 bits per heavy atom. The molecule has 0 saturated carbocycles. The minimum atomic E-state index is -3.57. The van der Waals surface area contributed by atoms with Gasteiger partial charge in [0.2, 0.25) is 19.1 Å². The Bertz CT molecular complexity index is 2410. The number of hydrogen-bond acceptors (Lipinski definition) is 15. The summed E-state index contributed by atoms with van der Waals surface area (Å²) in [6.45, 7) is 3.69. The molecule has 2 fully saturated rings. The molecular formula is C36H45ClN8O10S2. The largest absolute Gasteiger partial charge is 0.496 e. The van der Waals surface area contributed by atoms with Crippen LogP contribution in [0, 0.1) is 11.8 Å².